The lowest BCUT2D eigenvalue weighted by Gasteiger charge is -2.19. The molecule has 2 aromatic heterocycles. The van der Waals surface area contributed by atoms with Gasteiger partial charge in [-0.3, -0.25) is 4.98 Å². The molecule has 0 spiro atoms. The Bertz CT molecular complexity index is 569. The summed E-state index contributed by atoms with van der Waals surface area (Å²) in [5.74, 6) is 1.16. The van der Waals surface area contributed by atoms with E-state index in [0.29, 0.717) is 12.5 Å². The quantitative estimate of drug-likeness (QED) is 0.749. The molecule has 19 heavy (non-hydrogen) atoms. The van der Waals surface area contributed by atoms with Crippen LogP contribution >= 0.6 is 0 Å². The van der Waals surface area contributed by atoms with Crippen molar-refractivity contribution in [1.82, 2.24) is 20.3 Å². The van der Waals surface area contributed by atoms with Crippen LogP contribution in [0.4, 0.5) is 11.8 Å². The van der Waals surface area contributed by atoms with Gasteiger partial charge < -0.3 is 16.4 Å². The van der Waals surface area contributed by atoms with Crippen molar-refractivity contribution in [2.75, 3.05) is 17.6 Å². The number of hydrogen-bond donors (Lipinski definition) is 3. The molecule has 1 aliphatic heterocycles. The Hall–Kier alpha value is -2.21. The lowest BCUT2D eigenvalue weighted by Crippen LogP contribution is -2.26. The Morgan fingerprint density at radius 2 is 2.11 bits per heavy atom. The largest absolute Gasteiger partial charge is 0.368 e. The van der Waals surface area contributed by atoms with E-state index >= 15 is 0 Å². The zero-order chi connectivity index (χ0) is 13.1. The molecule has 0 atom stereocenters. The molecule has 0 saturated heterocycles. The number of nitrogens with one attached hydrogen (secondary N) is 2. The summed E-state index contributed by atoms with van der Waals surface area (Å²) in [6, 6.07) is 3.95. The van der Waals surface area contributed by atoms with E-state index in [-0.39, 0.29) is 0 Å². The highest BCUT2D eigenvalue weighted by molar-refractivity contribution is 5.50. The summed E-state index contributed by atoms with van der Waals surface area (Å²) < 4.78 is 0. The van der Waals surface area contributed by atoms with Crippen LogP contribution in [0.5, 0.6) is 0 Å². The van der Waals surface area contributed by atoms with Crippen molar-refractivity contribution in [1.29, 1.82) is 0 Å². The Kier molecular flexibility index (Phi) is 3.24. The molecular weight excluding hydrogens is 240 g/mol. The molecule has 0 unspecified atom stereocenters. The van der Waals surface area contributed by atoms with Crippen LogP contribution in [0.2, 0.25) is 0 Å². The highest BCUT2D eigenvalue weighted by atomic mass is 15.1. The topological polar surface area (TPSA) is 88.8 Å². The van der Waals surface area contributed by atoms with Crippen LogP contribution in [0.1, 0.15) is 16.8 Å². The number of fused-ring (bicyclic) bond motifs is 1. The third-order valence-corrected chi connectivity index (χ3v) is 3.16. The lowest BCUT2D eigenvalue weighted by atomic mass is 10.1. The minimum absolute atomic E-state index is 0.331. The first-order valence-corrected chi connectivity index (χ1v) is 6.31. The number of aromatic nitrogens is 3. The average Bonchev–Trinajstić information content (AvgIpc) is 2.45. The SMILES string of the molecule is Nc1nc2c(c(NCc3ccncc3)n1)CNCC2. The van der Waals surface area contributed by atoms with Gasteiger partial charge in [0.1, 0.15) is 5.82 Å². The van der Waals surface area contributed by atoms with Gasteiger partial charge in [-0.05, 0) is 17.7 Å². The Morgan fingerprint density at radius 3 is 2.95 bits per heavy atom. The number of nitrogen functional groups attached to an aromatic ring is 1. The van der Waals surface area contributed by atoms with Crippen LogP contribution in [0.25, 0.3) is 0 Å². The second kappa shape index (κ2) is 5.19. The summed E-state index contributed by atoms with van der Waals surface area (Å²) in [5, 5.41) is 6.66. The number of nitrogens with two attached hydrogens (primary N) is 1. The first kappa shape index (κ1) is 11.9. The standard InChI is InChI=1S/C13H16N6/c14-13-18-11-3-6-16-8-10(11)12(19-13)17-7-9-1-4-15-5-2-9/h1-2,4-5,16H,3,6-8H2,(H3,14,17,18,19). The van der Waals surface area contributed by atoms with E-state index in [0.717, 1.165) is 42.1 Å². The van der Waals surface area contributed by atoms with Crippen LogP contribution in [-0.2, 0) is 19.5 Å². The van der Waals surface area contributed by atoms with Crippen molar-refractivity contribution in [2.45, 2.75) is 19.5 Å². The molecule has 6 heteroatoms. The molecule has 3 heterocycles. The molecule has 3 rings (SSSR count). The molecule has 2 aromatic rings. The summed E-state index contributed by atoms with van der Waals surface area (Å²) in [4.78, 5) is 12.6. The molecule has 1 aliphatic rings. The molecule has 0 radical (unpaired) electrons. The number of pyridine rings is 1. The number of rotatable bonds is 3. The molecule has 0 amide bonds. The zero-order valence-electron chi connectivity index (χ0n) is 10.6. The van der Waals surface area contributed by atoms with Crippen molar-refractivity contribution < 1.29 is 0 Å². The summed E-state index contributed by atoms with van der Waals surface area (Å²) in [7, 11) is 0. The smallest absolute Gasteiger partial charge is 0.222 e. The molecule has 0 aliphatic carbocycles. The Labute approximate surface area is 111 Å². The van der Waals surface area contributed by atoms with E-state index in [1.807, 2.05) is 12.1 Å². The van der Waals surface area contributed by atoms with E-state index in [1.54, 1.807) is 12.4 Å². The van der Waals surface area contributed by atoms with Crippen LogP contribution in [0, 0.1) is 0 Å². The van der Waals surface area contributed by atoms with Gasteiger partial charge in [-0.15, -0.1) is 0 Å². The van der Waals surface area contributed by atoms with E-state index < -0.39 is 0 Å². The van der Waals surface area contributed by atoms with Crippen molar-refractivity contribution in [3.63, 3.8) is 0 Å². The van der Waals surface area contributed by atoms with E-state index in [4.69, 9.17) is 5.73 Å². The fourth-order valence-corrected chi connectivity index (χ4v) is 2.19. The van der Waals surface area contributed by atoms with E-state index in [1.165, 1.54) is 0 Å². The fraction of sp³-hybridized carbons (Fsp3) is 0.308. The normalized spacial score (nSPS) is 13.9. The third kappa shape index (κ3) is 2.63. The first-order valence-electron chi connectivity index (χ1n) is 6.31. The molecule has 0 aromatic carbocycles. The minimum Gasteiger partial charge on any atom is -0.368 e. The van der Waals surface area contributed by atoms with Gasteiger partial charge in [0, 0.05) is 44.0 Å². The van der Waals surface area contributed by atoms with E-state index in [9.17, 15) is 0 Å². The molecule has 98 valence electrons. The van der Waals surface area contributed by atoms with Crippen molar-refractivity contribution in [3.8, 4) is 0 Å². The number of nitrogens with zero attached hydrogens (tertiary/aromatic N) is 3. The summed E-state index contributed by atoms with van der Waals surface area (Å²) in [6.07, 6.45) is 4.46. The molecule has 0 fully saturated rings. The molecule has 4 N–H and O–H groups in total. The van der Waals surface area contributed by atoms with Crippen LogP contribution in [-0.4, -0.2) is 21.5 Å². The molecule has 0 saturated carbocycles. The van der Waals surface area contributed by atoms with Crippen LogP contribution in [0.3, 0.4) is 0 Å². The maximum absolute atomic E-state index is 5.76. The van der Waals surface area contributed by atoms with Crippen molar-refractivity contribution in [2.24, 2.45) is 0 Å². The predicted molar refractivity (Wildman–Crippen MR) is 73.4 cm³/mol. The molecule has 6 nitrogen and oxygen atoms in total. The predicted octanol–water partition coefficient (Wildman–Crippen LogP) is 0.712. The second-order valence-electron chi connectivity index (χ2n) is 4.49. The van der Waals surface area contributed by atoms with Gasteiger partial charge in [-0.25, -0.2) is 4.98 Å². The van der Waals surface area contributed by atoms with Gasteiger partial charge in [-0.1, -0.05) is 0 Å². The average molecular weight is 256 g/mol. The Morgan fingerprint density at radius 1 is 1.26 bits per heavy atom. The van der Waals surface area contributed by atoms with Gasteiger partial charge >= 0.3 is 0 Å². The van der Waals surface area contributed by atoms with Crippen molar-refractivity contribution >= 4 is 11.8 Å². The van der Waals surface area contributed by atoms with Crippen molar-refractivity contribution in [3.05, 3.63) is 41.3 Å². The van der Waals surface area contributed by atoms with Gasteiger partial charge in [0.25, 0.3) is 0 Å². The zero-order valence-corrected chi connectivity index (χ0v) is 10.6. The highest BCUT2D eigenvalue weighted by Gasteiger charge is 2.16. The summed E-state index contributed by atoms with van der Waals surface area (Å²) in [6.45, 7) is 2.42. The molecule has 0 bridgehead atoms. The Balaban J connectivity index is 1.82. The summed E-state index contributed by atoms with van der Waals surface area (Å²) >= 11 is 0. The lowest BCUT2D eigenvalue weighted by molar-refractivity contribution is 0.628. The number of hydrogen-bond acceptors (Lipinski definition) is 6. The third-order valence-electron chi connectivity index (χ3n) is 3.16. The highest BCUT2D eigenvalue weighted by Crippen LogP contribution is 2.21. The monoisotopic (exact) mass is 256 g/mol. The first-order chi connectivity index (χ1) is 9.33. The summed E-state index contributed by atoms with van der Waals surface area (Å²) in [5.41, 5.74) is 9.08. The van der Waals surface area contributed by atoms with Gasteiger partial charge in [0.05, 0.1) is 5.69 Å². The van der Waals surface area contributed by atoms with Crippen LogP contribution < -0.4 is 16.4 Å². The number of anilines is 2. The van der Waals surface area contributed by atoms with Gasteiger partial charge in [0.15, 0.2) is 0 Å². The minimum atomic E-state index is 0.331. The maximum Gasteiger partial charge on any atom is 0.222 e. The second-order valence-corrected chi connectivity index (χ2v) is 4.49. The van der Waals surface area contributed by atoms with E-state index in [2.05, 4.69) is 25.6 Å². The van der Waals surface area contributed by atoms with Gasteiger partial charge in [0.2, 0.25) is 5.95 Å². The fourth-order valence-electron chi connectivity index (χ4n) is 2.19. The van der Waals surface area contributed by atoms with Crippen LogP contribution in [0.15, 0.2) is 24.5 Å². The van der Waals surface area contributed by atoms with Gasteiger partial charge in [-0.2, -0.15) is 4.98 Å². The maximum atomic E-state index is 5.76. The molecular formula is C13H16N6.